The van der Waals surface area contributed by atoms with Gasteiger partial charge < -0.3 is 9.80 Å². The van der Waals surface area contributed by atoms with Crippen molar-refractivity contribution in [2.45, 2.75) is 19.3 Å². The number of hydrogen-bond donors (Lipinski definition) is 0. The maximum atomic E-state index is 12.5. The Morgan fingerprint density at radius 2 is 1.90 bits per heavy atom. The van der Waals surface area contributed by atoms with Crippen LogP contribution in [0.15, 0.2) is 30.3 Å². The van der Waals surface area contributed by atoms with Gasteiger partial charge in [0.15, 0.2) is 0 Å². The third kappa shape index (κ3) is 2.09. The molecular weight excluding hydrogens is 252 g/mol. The fraction of sp³-hybridized carbons (Fsp3) is 0.500. The Bertz CT molecular complexity index is 525. The second kappa shape index (κ2) is 4.93. The molecule has 0 aliphatic carbocycles. The van der Waals surface area contributed by atoms with Gasteiger partial charge in [0.05, 0.1) is 5.41 Å². The summed E-state index contributed by atoms with van der Waals surface area (Å²) < 4.78 is 0. The Morgan fingerprint density at radius 3 is 2.55 bits per heavy atom. The van der Waals surface area contributed by atoms with Crippen molar-refractivity contribution in [3.63, 3.8) is 0 Å². The van der Waals surface area contributed by atoms with E-state index in [1.54, 1.807) is 4.90 Å². The predicted molar refractivity (Wildman–Crippen MR) is 76.3 cm³/mol. The molecule has 2 heterocycles. The van der Waals surface area contributed by atoms with E-state index >= 15 is 0 Å². The first-order valence-electron chi connectivity index (χ1n) is 7.22. The molecule has 1 aromatic rings. The van der Waals surface area contributed by atoms with Crippen LogP contribution in [0.1, 0.15) is 29.6 Å². The van der Waals surface area contributed by atoms with Crippen LogP contribution in [0.4, 0.5) is 0 Å². The standard InChI is InChI=1S/C16H20N2O2/c1-17-11-9-16(15(17)20)8-5-10-18(12-16)14(19)13-6-3-2-4-7-13/h2-4,6-7H,5,8-12H2,1H3/t16-/m0/s1. The summed E-state index contributed by atoms with van der Waals surface area (Å²) in [5.41, 5.74) is 0.389. The van der Waals surface area contributed by atoms with Crippen LogP contribution in [-0.4, -0.2) is 48.3 Å². The number of rotatable bonds is 1. The molecule has 0 bridgehead atoms. The van der Waals surface area contributed by atoms with Gasteiger partial charge in [0.25, 0.3) is 5.91 Å². The summed E-state index contributed by atoms with van der Waals surface area (Å²) in [6.45, 7) is 2.14. The molecule has 0 aromatic heterocycles. The molecule has 0 N–H and O–H groups in total. The van der Waals surface area contributed by atoms with Crippen LogP contribution in [0.3, 0.4) is 0 Å². The Balaban J connectivity index is 1.79. The van der Waals surface area contributed by atoms with Gasteiger partial charge in [-0.25, -0.2) is 0 Å². The molecule has 1 aromatic carbocycles. The highest BCUT2D eigenvalue weighted by molar-refractivity contribution is 5.95. The lowest BCUT2D eigenvalue weighted by Gasteiger charge is -2.38. The van der Waals surface area contributed by atoms with Gasteiger partial charge in [-0.05, 0) is 31.4 Å². The van der Waals surface area contributed by atoms with Gasteiger partial charge in [-0.1, -0.05) is 18.2 Å². The summed E-state index contributed by atoms with van der Waals surface area (Å²) in [5.74, 6) is 0.259. The van der Waals surface area contributed by atoms with Crippen molar-refractivity contribution in [3.05, 3.63) is 35.9 Å². The molecule has 0 unspecified atom stereocenters. The van der Waals surface area contributed by atoms with Crippen molar-refractivity contribution in [2.75, 3.05) is 26.7 Å². The molecule has 2 saturated heterocycles. The van der Waals surface area contributed by atoms with Crippen LogP contribution in [-0.2, 0) is 4.79 Å². The first-order chi connectivity index (χ1) is 9.62. The lowest BCUT2D eigenvalue weighted by Crippen LogP contribution is -2.49. The number of carbonyl (C=O) groups excluding carboxylic acids is 2. The summed E-state index contributed by atoms with van der Waals surface area (Å²) in [7, 11) is 1.86. The van der Waals surface area contributed by atoms with Gasteiger partial charge in [0, 0.05) is 32.2 Å². The monoisotopic (exact) mass is 272 g/mol. The molecule has 0 saturated carbocycles. The van der Waals surface area contributed by atoms with Crippen LogP contribution < -0.4 is 0 Å². The van der Waals surface area contributed by atoms with E-state index in [9.17, 15) is 9.59 Å². The van der Waals surface area contributed by atoms with Crippen LogP contribution in [0.2, 0.25) is 0 Å². The SMILES string of the molecule is CN1CC[C@]2(CCCN(C(=O)c3ccccc3)C2)C1=O. The zero-order chi connectivity index (χ0) is 14.2. The molecule has 2 aliphatic rings. The minimum Gasteiger partial charge on any atom is -0.345 e. The number of likely N-dealkylation sites (tertiary alicyclic amines) is 2. The van der Waals surface area contributed by atoms with Gasteiger partial charge in [0.1, 0.15) is 0 Å². The Labute approximate surface area is 119 Å². The van der Waals surface area contributed by atoms with Crippen molar-refractivity contribution in [3.8, 4) is 0 Å². The van der Waals surface area contributed by atoms with Gasteiger partial charge in [-0.3, -0.25) is 9.59 Å². The van der Waals surface area contributed by atoms with E-state index in [1.807, 2.05) is 42.3 Å². The zero-order valence-corrected chi connectivity index (χ0v) is 11.8. The third-order valence-corrected chi connectivity index (χ3v) is 4.61. The maximum Gasteiger partial charge on any atom is 0.253 e. The highest BCUT2D eigenvalue weighted by Crippen LogP contribution is 2.39. The largest absolute Gasteiger partial charge is 0.345 e. The van der Waals surface area contributed by atoms with E-state index in [4.69, 9.17) is 0 Å². The Hall–Kier alpha value is -1.84. The second-order valence-electron chi connectivity index (χ2n) is 5.95. The summed E-state index contributed by atoms with van der Waals surface area (Å²) in [6, 6.07) is 9.34. The van der Waals surface area contributed by atoms with E-state index in [2.05, 4.69) is 0 Å². The van der Waals surface area contributed by atoms with Crippen LogP contribution in [0.25, 0.3) is 0 Å². The topological polar surface area (TPSA) is 40.6 Å². The third-order valence-electron chi connectivity index (χ3n) is 4.61. The van der Waals surface area contributed by atoms with Gasteiger partial charge >= 0.3 is 0 Å². The number of carbonyl (C=O) groups is 2. The zero-order valence-electron chi connectivity index (χ0n) is 11.8. The minimum absolute atomic E-state index is 0.0482. The van der Waals surface area contributed by atoms with Gasteiger partial charge in [-0.15, -0.1) is 0 Å². The summed E-state index contributed by atoms with van der Waals surface area (Å²) in [4.78, 5) is 28.6. The van der Waals surface area contributed by atoms with Crippen LogP contribution in [0, 0.1) is 5.41 Å². The summed E-state index contributed by atoms with van der Waals surface area (Å²) in [6.07, 6.45) is 2.70. The number of piperidine rings is 1. The molecule has 4 nitrogen and oxygen atoms in total. The number of hydrogen-bond acceptors (Lipinski definition) is 2. The summed E-state index contributed by atoms with van der Waals surface area (Å²) >= 11 is 0. The first-order valence-corrected chi connectivity index (χ1v) is 7.22. The molecule has 2 amide bonds. The smallest absolute Gasteiger partial charge is 0.253 e. The van der Waals surface area contributed by atoms with Crippen LogP contribution in [0.5, 0.6) is 0 Å². The lowest BCUT2D eigenvalue weighted by atomic mass is 9.78. The van der Waals surface area contributed by atoms with Crippen LogP contribution >= 0.6 is 0 Å². The molecule has 1 atom stereocenters. The molecule has 0 radical (unpaired) electrons. The Morgan fingerprint density at radius 1 is 1.15 bits per heavy atom. The van der Waals surface area contributed by atoms with Crippen molar-refractivity contribution in [1.82, 2.24) is 9.80 Å². The molecule has 20 heavy (non-hydrogen) atoms. The Kier molecular flexibility index (Phi) is 3.24. The molecule has 4 heteroatoms. The second-order valence-corrected chi connectivity index (χ2v) is 5.95. The van der Waals surface area contributed by atoms with Crippen molar-refractivity contribution in [1.29, 1.82) is 0 Å². The highest BCUT2D eigenvalue weighted by Gasteiger charge is 2.48. The minimum atomic E-state index is -0.322. The average Bonchev–Trinajstić information content (AvgIpc) is 2.76. The van der Waals surface area contributed by atoms with Gasteiger partial charge in [0.2, 0.25) is 5.91 Å². The van der Waals surface area contributed by atoms with E-state index in [1.165, 1.54) is 0 Å². The van der Waals surface area contributed by atoms with E-state index in [0.717, 1.165) is 32.4 Å². The fourth-order valence-electron chi connectivity index (χ4n) is 3.44. The van der Waals surface area contributed by atoms with Crippen molar-refractivity contribution < 1.29 is 9.59 Å². The van der Waals surface area contributed by atoms with E-state index < -0.39 is 0 Å². The molecule has 106 valence electrons. The van der Waals surface area contributed by atoms with Crippen molar-refractivity contribution >= 4 is 11.8 Å². The van der Waals surface area contributed by atoms with Crippen molar-refractivity contribution in [2.24, 2.45) is 5.41 Å². The number of benzene rings is 1. The average molecular weight is 272 g/mol. The molecule has 2 aliphatic heterocycles. The molecule has 2 fully saturated rings. The molecule has 3 rings (SSSR count). The maximum absolute atomic E-state index is 12.5. The normalized spacial score (nSPS) is 26.4. The number of amides is 2. The molecule has 1 spiro atoms. The molecular formula is C16H20N2O2. The summed E-state index contributed by atoms with van der Waals surface area (Å²) in [5, 5.41) is 0. The first kappa shape index (κ1) is 13.2. The van der Waals surface area contributed by atoms with E-state index in [-0.39, 0.29) is 17.2 Å². The predicted octanol–water partition coefficient (Wildman–Crippen LogP) is 1.77. The highest BCUT2D eigenvalue weighted by atomic mass is 16.2. The van der Waals surface area contributed by atoms with Gasteiger partial charge in [-0.2, -0.15) is 0 Å². The number of nitrogens with zero attached hydrogens (tertiary/aromatic N) is 2. The quantitative estimate of drug-likeness (QED) is 0.782. The fourth-order valence-corrected chi connectivity index (χ4v) is 3.44. The van der Waals surface area contributed by atoms with E-state index in [0.29, 0.717) is 12.1 Å². The lowest BCUT2D eigenvalue weighted by molar-refractivity contribution is -0.137.